The SMILES string of the molecule is COc1cc(OC)c(F)c(N(CCNC2CCC2)c2ccc3ncc(-c4cnn(C)c4)nc3n2)c1F. The second kappa shape index (κ2) is 10.0. The topological polar surface area (TPSA) is 90.2 Å². The predicted molar refractivity (Wildman–Crippen MR) is 132 cm³/mol. The molecule has 0 saturated heterocycles. The first-order chi connectivity index (χ1) is 17.5. The lowest BCUT2D eigenvalue weighted by Crippen LogP contribution is -2.40. The number of aryl methyl sites for hydroxylation is 1. The third-order valence-corrected chi connectivity index (χ3v) is 6.36. The van der Waals surface area contributed by atoms with E-state index in [0.717, 1.165) is 18.4 Å². The molecule has 3 heterocycles. The normalized spacial score (nSPS) is 13.6. The van der Waals surface area contributed by atoms with Crippen LogP contribution in [0.25, 0.3) is 22.4 Å². The van der Waals surface area contributed by atoms with Gasteiger partial charge in [0, 0.05) is 44.0 Å². The maximum atomic E-state index is 15.5. The van der Waals surface area contributed by atoms with Gasteiger partial charge in [0.2, 0.25) is 0 Å². The van der Waals surface area contributed by atoms with Gasteiger partial charge >= 0.3 is 0 Å². The number of nitrogens with zero attached hydrogens (tertiary/aromatic N) is 6. The van der Waals surface area contributed by atoms with Gasteiger partial charge in [-0.3, -0.25) is 9.67 Å². The molecule has 1 saturated carbocycles. The van der Waals surface area contributed by atoms with Crippen molar-refractivity contribution in [2.75, 3.05) is 32.2 Å². The number of halogens is 2. The van der Waals surface area contributed by atoms with E-state index in [1.54, 1.807) is 29.2 Å². The Bertz CT molecular complexity index is 1360. The number of anilines is 2. The van der Waals surface area contributed by atoms with Crippen molar-refractivity contribution in [2.45, 2.75) is 25.3 Å². The summed E-state index contributed by atoms with van der Waals surface area (Å²) in [6.07, 6.45) is 8.53. The molecule has 188 valence electrons. The zero-order valence-electron chi connectivity index (χ0n) is 20.3. The molecule has 1 N–H and O–H groups in total. The molecule has 1 aromatic carbocycles. The molecule has 4 aromatic rings. The van der Waals surface area contributed by atoms with Crippen molar-refractivity contribution < 1.29 is 18.3 Å². The van der Waals surface area contributed by atoms with Gasteiger partial charge < -0.3 is 19.7 Å². The fourth-order valence-corrected chi connectivity index (χ4v) is 4.17. The summed E-state index contributed by atoms with van der Waals surface area (Å²) in [7, 11) is 4.47. The quantitative estimate of drug-likeness (QED) is 0.373. The first-order valence-corrected chi connectivity index (χ1v) is 11.7. The molecule has 9 nitrogen and oxygen atoms in total. The minimum atomic E-state index is -0.837. The number of hydrogen-bond donors (Lipinski definition) is 1. The molecule has 0 atom stereocenters. The Morgan fingerprint density at radius 2 is 1.83 bits per heavy atom. The molecule has 0 unspecified atom stereocenters. The maximum Gasteiger partial charge on any atom is 0.191 e. The predicted octanol–water partition coefficient (Wildman–Crippen LogP) is 4.00. The number of hydrogen-bond acceptors (Lipinski definition) is 8. The second-order valence-corrected chi connectivity index (χ2v) is 8.66. The van der Waals surface area contributed by atoms with E-state index in [0.29, 0.717) is 35.3 Å². The summed E-state index contributed by atoms with van der Waals surface area (Å²) in [5.74, 6) is -1.60. The van der Waals surface area contributed by atoms with E-state index in [4.69, 9.17) is 9.47 Å². The van der Waals surface area contributed by atoms with Crippen LogP contribution in [0.4, 0.5) is 20.3 Å². The third-order valence-electron chi connectivity index (χ3n) is 6.36. The molecule has 5 rings (SSSR count). The molecule has 1 aliphatic rings. The van der Waals surface area contributed by atoms with Crippen molar-refractivity contribution in [2.24, 2.45) is 7.05 Å². The summed E-state index contributed by atoms with van der Waals surface area (Å²) in [6, 6.07) is 5.02. The van der Waals surface area contributed by atoms with E-state index in [9.17, 15) is 0 Å². The molecule has 0 bridgehead atoms. The molecule has 1 fully saturated rings. The van der Waals surface area contributed by atoms with Gasteiger partial charge in [0.05, 0.1) is 32.3 Å². The Labute approximate surface area is 207 Å². The smallest absolute Gasteiger partial charge is 0.191 e. The number of aromatic nitrogens is 5. The summed E-state index contributed by atoms with van der Waals surface area (Å²) in [6.45, 7) is 0.763. The fraction of sp³-hybridized carbons (Fsp3) is 0.360. The number of benzene rings is 1. The van der Waals surface area contributed by atoms with Crippen molar-refractivity contribution in [1.82, 2.24) is 30.0 Å². The Kier molecular flexibility index (Phi) is 6.64. The van der Waals surface area contributed by atoms with E-state index >= 15 is 8.78 Å². The standard InChI is InChI=1S/C25H27F2N7O2/c1-33-14-15(12-30-33)18-13-29-17-7-8-21(32-25(17)31-18)34(10-9-28-16-5-4-6-16)24-22(26)19(35-2)11-20(36-3)23(24)27/h7-8,11-14,16,28H,4-6,9-10H2,1-3H3. The molecule has 11 heteroatoms. The average Bonchev–Trinajstić information content (AvgIpc) is 3.30. The number of nitrogens with one attached hydrogen (secondary N) is 1. The number of pyridine rings is 1. The van der Waals surface area contributed by atoms with Gasteiger partial charge in [-0.25, -0.2) is 18.7 Å². The highest BCUT2D eigenvalue weighted by Gasteiger charge is 2.27. The van der Waals surface area contributed by atoms with E-state index in [1.165, 1.54) is 31.6 Å². The molecule has 0 amide bonds. The van der Waals surface area contributed by atoms with Crippen LogP contribution in [0.1, 0.15) is 19.3 Å². The highest BCUT2D eigenvalue weighted by atomic mass is 19.1. The fourth-order valence-electron chi connectivity index (χ4n) is 4.17. The number of rotatable bonds is 9. The lowest BCUT2D eigenvalue weighted by Gasteiger charge is -2.30. The molecule has 3 aromatic heterocycles. The number of ether oxygens (including phenoxy) is 2. The Morgan fingerprint density at radius 1 is 1.08 bits per heavy atom. The lowest BCUT2D eigenvalue weighted by molar-refractivity contribution is 0.342. The van der Waals surface area contributed by atoms with E-state index < -0.39 is 11.6 Å². The molecule has 0 radical (unpaired) electrons. The van der Waals surface area contributed by atoms with Crippen LogP contribution < -0.4 is 19.7 Å². The molecule has 0 spiro atoms. The zero-order chi connectivity index (χ0) is 25.2. The second-order valence-electron chi connectivity index (χ2n) is 8.66. The van der Waals surface area contributed by atoms with Gasteiger partial charge in [-0.1, -0.05) is 6.42 Å². The first kappa shape index (κ1) is 23.9. The van der Waals surface area contributed by atoms with Crippen LogP contribution in [0.5, 0.6) is 11.5 Å². The van der Waals surface area contributed by atoms with Crippen molar-refractivity contribution in [3.8, 4) is 22.8 Å². The summed E-state index contributed by atoms with van der Waals surface area (Å²) in [4.78, 5) is 15.2. The molecule has 0 aliphatic heterocycles. The highest BCUT2D eigenvalue weighted by Crippen LogP contribution is 2.39. The van der Waals surface area contributed by atoms with Crippen molar-refractivity contribution >= 4 is 22.7 Å². The van der Waals surface area contributed by atoms with Gasteiger partial charge in [-0.2, -0.15) is 5.10 Å². The zero-order valence-corrected chi connectivity index (χ0v) is 20.3. The van der Waals surface area contributed by atoms with Crippen LogP contribution in [0.3, 0.4) is 0 Å². The molecule has 36 heavy (non-hydrogen) atoms. The summed E-state index contributed by atoms with van der Waals surface area (Å²) in [5, 5.41) is 7.62. The van der Waals surface area contributed by atoms with Crippen molar-refractivity contribution in [3.63, 3.8) is 0 Å². The number of methoxy groups -OCH3 is 2. The van der Waals surface area contributed by atoms with Gasteiger partial charge in [-0.05, 0) is 25.0 Å². The molecular formula is C25H27F2N7O2. The van der Waals surface area contributed by atoms with E-state index in [-0.39, 0.29) is 23.7 Å². The van der Waals surface area contributed by atoms with Crippen LogP contribution in [-0.4, -0.2) is 58.1 Å². The van der Waals surface area contributed by atoms with Crippen LogP contribution in [0, 0.1) is 11.6 Å². The third kappa shape index (κ3) is 4.53. The van der Waals surface area contributed by atoms with Gasteiger partial charge in [0.15, 0.2) is 28.8 Å². The minimum absolute atomic E-state index is 0.125. The number of fused-ring (bicyclic) bond motifs is 1. The van der Waals surface area contributed by atoms with Crippen molar-refractivity contribution in [3.05, 3.63) is 48.4 Å². The Morgan fingerprint density at radius 3 is 2.44 bits per heavy atom. The van der Waals surface area contributed by atoms with Gasteiger partial charge in [-0.15, -0.1) is 0 Å². The van der Waals surface area contributed by atoms with Gasteiger partial charge in [0.1, 0.15) is 17.0 Å². The van der Waals surface area contributed by atoms with Crippen LogP contribution in [0.2, 0.25) is 0 Å². The van der Waals surface area contributed by atoms with Crippen molar-refractivity contribution in [1.29, 1.82) is 0 Å². The summed E-state index contributed by atoms with van der Waals surface area (Å²) >= 11 is 0. The Hall–Kier alpha value is -3.86. The molecule has 1 aliphatic carbocycles. The first-order valence-electron chi connectivity index (χ1n) is 11.7. The average molecular weight is 496 g/mol. The van der Waals surface area contributed by atoms with Crippen LogP contribution in [-0.2, 0) is 7.05 Å². The van der Waals surface area contributed by atoms with Crippen LogP contribution >= 0.6 is 0 Å². The van der Waals surface area contributed by atoms with Gasteiger partial charge in [0.25, 0.3) is 0 Å². The maximum absolute atomic E-state index is 15.5. The van der Waals surface area contributed by atoms with E-state index in [2.05, 4.69) is 25.4 Å². The summed E-state index contributed by atoms with van der Waals surface area (Å²) in [5.41, 5.74) is 1.99. The van der Waals surface area contributed by atoms with Crippen LogP contribution in [0.15, 0.2) is 36.8 Å². The summed E-state index contributed by atoms with van der Waals surface area (Å²) < 4.78 is 43.0. The monoisotopic (exact) mass is 495 g/mol. The minimum Gasteiger partial charge on any atom is -0.493 e. The van der Waals surface area contributed by atoms with E-state index in [1.807, 2.05) is 13.2 Å². The molecular weight excluding hydrogens is 468 g/mol. The highest BCUT2D eigenvalue weighted by molar-refractivity contribution is 5.77. The Balaban J connectivity index is 1.58. The largest absolute Gasteiger partial charge is 0.493 e. The lowest BCUT2D eigenvalue weighted by atomic mass is 9.93.